The fourth-order valence-electron chi connectivity index (χ4n) is 1.66. The van der Waals surface area contributed by atoms with Crippen molar-refractivity contribution in [2.75, 3.05) is 7.11 Å². The van der Waals surface area contributed by atoms with E-state index < -0.39 is 0 Å². The average Bonchev–Trinajstić information content (AvgIpc) is 2.96. The molecule has 0 heterocycles. The van der Waals surface area contributed by atoms with Crippen LogP contribution in [0.5, 0.6) is 5.75 Å². The SMILES string of the molecule is COc1ccc(C2CC2C=O)cc1F. The Hall–Kier alpha value is -1.38. The van der Waals surface area contributed by atoms with Crippen molar-refractivity contribution in [3.8, 4) is 5.75 Å². The fraction of sp³-hybridized carbons (Fsp3) is 0.364. The molecule has 2 atom stereocenters. The van der Waals surface area contributed by atoms with Crippen molar-refractivity contribution in [1.82, 2.24) is 0 Å². The van der Waals surface area contributed by atoms with Gasteiger partial charge in [-0.05, 0) is 30.0 Å². The van der Waals surface area contributed by atoms with Crippen molar-refractivity contribution in [2.45, 2.75) is 12.3 Å². The second kappa shape index (κ2) is 3.40. The zero-order valence-electron chi connectivity index (χ0n) is 7.87. The van der Waals surface area contributed by atoms with Gasteiger partial charge in [0.05, 0.1) is 7.11 Å². The van der Waals surface area contributed by atoms with Crippen LogP contribution in [-0.4, -0.2) is 13.4 Å². The van der Waals surface area contributed by atoms with Gasteiger partial charge >= 0.3 is 0 Å². The lowest BCUT2D eigenvalue weighted by Gasteiger charge is -2.03. The predicted octanol–water partition coefficient (Wildman–Crippen LogP) is 2.14. The molecule has 0 spiro atoms. The summed E-state index contributed by atoms with van der Waals surface area (Å²) in [6.45, 7) is 0. The topological polar surface area (TPSA) is 26.3 Å². The van der Waals surface area contributed by atoms with Gasteiger partial charge in [0.25, 0.3) is 0 Å². The van der Waals surface area contributed by atoms with Crippen molar-refractivity contribution >= 4 is 6.29 Å². The Morgan fingerprint density at radius 1 is 1.57 bits per heavy atom. The smallest absolute Gasteiger partial charge is 0.165 e. The fourth-order valence-corrected chi connectivity index (χ4v) is 1.66. The number of hydrogen-bond acceptors (Lipinski definition) is 2. The van der Waals surface area contributed by atoms with E-state index in [1.165, 1.54) is 13.2 Å². The number of methoxy groups -OCH3 is 1. The molecule has 0 aromatic heterocycles. The minimum absolute atomic E-state index is 0.0859. The first-order chi connectivity index (χ1) is 6.76. The van der Waals surface area contributed by atoms with Gasteiger partial charge in [-0.3, -0.25) is 0 Å². The van der Waals surface area contributed by atoms with Crippen LogP contribution in [-0.2, 0) is 4.79 Å². The number of ether oxygens (including phenoxy) is 1. The third-order valence-electron chi connectivity index (χ3n) is 2.62. The molecule has 0 saturated heterocycles. The highest BCUT2D eigenvalue weighted by molar-refractivity contribution is 5.61. The minimum Gasteiger partial charge on any atom is -0.494 e. The standard InChI is InChI=1S/C11H11FO2/c1-14-11-3-2-7(5-10(11)12)9-4-8(9)6-13/h2-3,5-6,8-9H,4H2,1H3. The molecular weight excluding hydrogens is 183 g/mol. The monoisotopic (exact) mass is 194 g/mol. The lowest BCUT2D eigenvalue weighted by molar-refractivity contribution is -0.108. The molecule has 0 N–H and O–H groups in total. The van der Waals surface area contributed by atoms with Crippen LogP contribution < -0.4 is 4.74 Å². The number of benzene rings is 1. The molecule has 1 saturated carbocycles. The first-order valence-electron chi connectivity index (χ1n) is 4.55. The molecule has 2 nitrogen and oxygen atoms in total. The summed E-state index contributed by atoms with van der Waals surface area (Å²) in [4.78, 5) is 10.4. The third-order valence-corrected chi connectivity index (χ3v) is 2.62. The minimum atomic E-state index is -0.360. The summed E-state index contributed by atoms with van der Waals surface area (Å²) >= 11 is 0. The maximum absolute atomic E-state index is 13.3. The van der Waals surface area contributed by atoms with Crippen molar-refractivity contribution in [3.63, 3.8) is 0 Å². The van der Waals surface area contributed by atoms with Crippen molar-refractivity contribution in [1.29, 1.82) is 0 Å². The quantitative estimate of drug-likeness (QED) is 0.689. The number of aldehydes is 1. The highest BCUT2D eigenvalue weighted by Crippen LogP contribution is 2.46. The van der Waals surface area contributed by atoms with E-state index in [1.807, 2.05) is 6.07 Å². The summed E-state index contributed by atoms with van der Waals surface area (Å²) in [5.41, 5.74) is 0.889. The number of rotatable bonds is 3. The van der Waals surface area contributed by atoms with Crippen LogP contribution in [0.4, 0.5) is 4.39 Å². The normalized spacial score (nSPS) is 24.4. The molecule has 1 aromatic rings. The maximum atomic E-state index is 13.3. The number of carbonyl (C=O) groups is 1. The Balaban J connectivity index is 2.21. The first kappa shape index (κ1) is 9.19. The van der Waals surface area contributed by atoms with Crippen LogP contribution in [0.25, 0.3) is 0 Å². The Morgan fingerprint density at radius 3 is 2.86 bits per heavy atom. The van der Waals surface area contributed by atoms with Crippen LogP contribution in [0.1, 0.15) is 17.9 Å². The molecule has 0 amide bonds. The highest BCUT2D eigenvalue weighted by atomic mass is 19.1. The van der Waals surface area contributed by atoms with Crippen LogP contribution in [0.2, 0.25) is 0 Å². The van der Waals surface area contributed by atoms with E-state index in [0.717, 1.165) is 18.3 Å². The zero-order valence-corrected chi connectivity index (χ0v) is 7.87. The molecule has 1 fully saturated rings. The van der Waals surface area contributed by atoms with Crippen molar-refractivity contribution in [3.05, 3.63) is 29.6 Å². The van der Waals surface area contributed by atoms with Crippen LogP contribution in [0.3, 0.4) is 0 Å². The lowest BCUT2D eigenvalue weighted by atomic mass is 10.1. The van der Waals surface area contributed by atoms with Crippen LogP contribution in [0, 0.1) is 11.7 Å². The Kier molecular flexibility index (Phi) is 2.23. The van der Waals surface area contributed by atoms with Crippen LogP contribution >= 0.6 is 0 Å². The summed E-state index contributed by atoms with van der Waals surface area (Å²) in [5, 5.41) is 0. The van der Waals surface area contributed by atoms with Crippen LogP contribution in [0.15, 0.2) is 18.2 Å². The number of hydrogen-bond donors (Lipinski definition) is 0. The van der Waals surface area contributed by atoms with Gasteiger partial charge in [0.1, 0.15) is 6.29 Å². The summed E-state index contributed by atoms with van der Waals surface area (Å²) in [6.07, 6.45) is 1.78. The molecule has 14 heavy (non-hydrogen) atoms. The van der Waals surface area contributed by atoms with E-state index in [4.69, 9.17) is 4.74 Å². The van der Waals surface area contributed by atoms with Gasteiger partial charge < -0.3 is 9.53 Å². The molecule has 74 valence electrons. The largest absolute Gasteiger partial charge is 0.494 e. The number of halogens is 1. The molecule has 2 unspecified atom stereocenters. The Labute approximate surface area is 81.7 Å². The van der Waals surface area contributed by atoms with E-state index >= 15 is 0 Å². The van der Waals surface area contributed by atoms with Crippen molar-refractivity contribution in [2.24, 2.45) is 5.92 Å². The van der Waals surface area contributed by atoms with E-state index in [1.54, 1.807) is 6.07 Å². The third kappa shape index (κ3) is 1.50. The van der Waals surface area contributed by atoms with Gasteiger partial charge in [-0.1, -0.05) is 6.07 Å². The summed E-state index contributed by atoms with van der Waals surface area (Å²) in [7, 11) is 1.43. The zero-order chi connectivity index (χ0) is 10.1. The van der Waals surface area contributed by atoms with Gasteiger partial charge in [0.2, 0.25) is 0 Å². The summed E-state index contributed by atoms with van der Waals surface area (Å²) in [6, 6.07) is 4.87. The van der Waals surface area contributed by atoms with Gasteiger partial charge in [-0.15, -0.1) is 0 Å². The average molecular weight is 194 g/mol. The molecule has 3 heteroatoms. The highest BCUT2D eigenvalue weighted by Gasteiger charge is 2.38. The molecular formula is C11H11FO2. The van der Waals surface area contributed by atoms with Gasteiger partial charge in [0.15, 0.2) is 11.6 Å². The molecule has 1 aliphatic carbocycles. The van der Waals surface area contributed by atoms with Gasteiger partial charge in [0, 0.05) is 5.92 Å². The van der Waals surface area contributed by atoms with E-state index in [0.29, 0.717) is 0 Å². The number of carbonyl (C=O) groups excluding carboxylic acids is 1. The first-order valence-corrected chi connectivity index (χ1v) is 4.55. The second-order valence-electron chi connectivity index (χ2n) is 3.54. The summed E-state index contributed by atoms with van der Waals surface area (Å²) < 4.78 is 18.1. The molecule has 1 aromatic carbocycles. The Bertz CT molecular complexity index is 362. The maximum Gasteiger partial charge on any atom is 0.165 e. The van der Waals surface area contributed by atoms with Gasteiger partial charge in [-0.25, -0.2) is 4.39 Å². The van der Waals surface area contributed by atoms with E-state index in [-0.39, 0.29) is 23.4 Å². The Morgan fingerprint density at radius 2 is 2.36 bits per heavy atom. The van der Waals surface area contributed by atoms with Crippen molar-refractivity contribution < 1.29 is 13.9 Å². The summed E-state index contributed by atoms with van der Waals surface area (Å²) in [5.74, 6) is 0.189. The lowest BCUT2D eigenvalue weighted by Crippen LogP contribution is -1.91. The second-order valence-corrected chi connectivity index (χ2v) is 3.54. The molecule has 1 aliphatic rings. The van der Waals surface area contributed by atoms with E-state index in [9.17, 15) is 9.18 Å². The predicted molar refractivity (Wildman–Crippen MR) is 49.9 cm³/mol. The molecule has 2 rings (SSSR count). The van der Waals surface area contributed by atoms with E-state index in [2.05, 4.69) is 0 Å². The molecule has 0 bridgehead atoms. The molecule has 0 aliphatic heterocycles. The van der Waals surface area contributed by atoms with Gasteiger partial charge in [-0.2, -0.15) is 0 Å². The molecule has 0 radical (unpaired) electrons.